The van der Waals surface area contributed by atoms with Crippen LogP contribution in [-0.2, 0) is 21.0 Å². The number of hydrogen-bond acceptors (Lipinski definition) is 5. The molecule has 0 saturated heterocycles. The first-order chi connectivity index (χ1) is 11.9. The Morgan fingerprint density at radius 1 is 1.24 bits per heavy atom. The van der Waals surface area contributed by atoms with Crippen molar-refractivity contribution < 1.29 is 17.9 Å². The summed E-state index contributed by atoms with van der Waals surface area (Å²) in [5, 5.41) is 6.95. The lowest BCUT2D eigenvalue weighted by Crippen LogP contribution is -2.40. The Bertz CT molecular complexity index is 665. The second-order valence-corrected chi connectivity index (χ2v) is 8.04. The fourth-order valence-electron chi connectivity index (χ4n) is 1.95. The molecule has 9 heteroatoms. The maximum absolute atomic E-state index is 11.0. The lowest BCUT2D eigenvalue weighted by molar-refractivity contribution is 0.154. The van der Waals surface area contributed by atoms with Crippen LogP contribution >= 0.6 is 11.6 Å². The van der Waals surface area contributed by atoms with Crippen molar-refractivity contribution in [2.45, 2.75) is 6.42 Å². The predicted molar refractivity (Wildman–Crippen MR) is 102 cm³/mol. The minimum Gasteiger partial charge on any atom is -0.497 e. The molecule has 0 saturated carbocycles. The molecule has 0 aliphatic carbocycles. The quantitative estimate of drug-likeness (QED) is 0.353. The topological polar surface area (TPSA) is 89.0 Å². The summed E-state index contributed by atoms with van der Waals surface area (Å²) < 4.78 is 32.3. The van der Waals surface area contributed by atoms with Crippen LogP contribution in [0.5, 0.6) is 5.75 Å². The summed E-state index contributed by atoms with van der Waals surface area (Å²) in [6, 6.07) is 5.61. The second-order valence-electron chi connectivity index (χ2n) is 5.38. The zero-order valence-corrected chi connectivity index (χ0v) is 16.4. The summed E-state index contributed by atoms with van der Waals surface area (Å²) in [7, 11) is 0.307. The number of ether oxygens (including phenoxy) is 2. The highest BCUT2D eigenvalue weighted by Gasteiger charge is 2.04. The van der Waals surface area contributed by atoms with Crippen LogP contribution < -0.4 is 15.4 Å². The van der Waals surface area contributed by atoms with Gasteiger partial charge in [0.1, 0.15) is 15.6 Å². The van der Waals surface area contributed by atoms with E-state index in [2.05, 4.69) is 15.6 Å². The first-order valence-corrected chi connectivity index (χ1v) is 10.3. The highest BCUT2D eigenvalue weighted by Crippen LogP contribution is 2.22. The third kappa shape index (κ3) is 9.52. The molecule has 0 radical (unpaired) electrons. The van der Waals surface area contributed by atoms with Crippen LogP contribution in [0.4, 0.5) is 0 Å². The Morgan fingerprint density at radius 2 is 1.96 bits per heavy atom. The van der Waals surface area contributed by atoms with E-state index in [-0.39, 0.29) is 12.4 Å². The van der Waals surface area contributed by atoms with Gasteiger partial charge in [-0.2, -0.15) is 0 Å². The maximum Gasteiger partial charge on any atom is 0.191 e. The van der Waals surface area contributed by atoms with Gasteiger partial charge in [0.05, 0.1) is 26.1 Å². The molecule has 2 N–H and O–H groups in total. The molecular formula is C16H26ClN3O4S. The van der Waals surface area contributed by atoms with Gasteiger partial charge in [-0.3, -0.25) is 4.99 Å². The molecule has 0 amide bonds. The summed E-state index contributed by atoms with van der Waals surface area (Å²) in [5.74, 6) is 1.41. The van der Waals surface area contributed by atoms with Crippen molar-refractivity contribution in [1.82, 2.24) is 10.6 Å². The van der Waals surface area contributed by atoms with Crippen molar-refractivity contribution in [3.63, 3.8) is 0 Å². The fraction of sp³-hybridized carbons (Fsp3) is 0.562. The average Bonchev–Trinajstić information content (AvgIpc) is 2.56. The van der Waals surface area contributed by atoms with E-state index in [1.54, 1.807) is 20.2 Å². The number of rotatable bonds is 10. The van der Waals surface area contributed by atoms with E-state index in [1.807, 2.05) is 12.1 Å². The largest absolute Gasteiger partial charge is 0.497 e. The van der Waals surface area contributed by atoms with E-state index in [0.717, 1.165) is 17.7 Å². The molecule has 0 bridgehead atoms. The Balaban J connectivity index is 2.24. The SMILES string of the molecule is CN=C(NCCOCCS(C)(=O)=O)NCCc1ccc(OC)cc1Cl. The molecule has 7 nitrogen and oxygen atoms in total. The molecule has 142 valence electrons. The highest BCUT2D eigenvalue weighted by molar-refractivity contribution is 7.90. The first kappa shape index (κ1) is 21.5. The van der Waals surface area contributed by atoms with E-state index in [9.17, 15) is 8.42 Å². The maximum atomic E-state index is 11.0. The molecule has 25 heavy (non-hydrogen) atoms. The monoisotopic (exact) mass is 391 g/mol. The van der Waals surface area contributed by atoms with Crippen molar-refractivity contribution >= 4 is 27.4 Å². The van der Waals surface area contributed by atoms with E-state index in [0.29, 0.717) is 30.7 Å². The molecule has 1 aromatic rings. The lowest BCUT2D eigenvalue weighted by Gasteiger charge is -2.13. The van der Waals surface area contributed by atoms with Gasteiger partial charge in [0.25, 0.3) is 0 Å². The molecule has 0 heterocycles. The van der Waals surface area contributed by atoms with E-state index >= 15 is 0 Å². The van der Waals surface area contributed by atoms with Crippen LogP contribution in [0, 0.1) is 0 Å². The van der Waals surface area contributed by atoms with Gasteiger partial charge in [-0.15, -0.1) is 0 Å². The van der Waals surface area contributed by atoms with Gasteiger partial charge in [0.2, 0.25) is 0 Å². The Kier molecular flexibility index (Phi) is 9.62. The average molecular weight is 392 g/mol. The molecule has 0 aliphatic heterocycles. The fourth-order valence-corrected chi connectivity index (χ4v) is 2.63. The Hall–Kier alpha value is -1.51. The number of aliphatic imine (C=N–C) groups is 1. The number of hydrogen-bond donors (Lipinski definition) is 2. The molecule has 1 aromatic carbocycles. The van der Waals surface area contributed by atoms with Crippen LogP contribution in [0.3, 0.4) is 0 Å². The zero-order chi connectivity index (χ0) is 18.7. The van der Waals surface area contributed by atoms with Gasteiger partial charge < -0.3 is 20.1 Å². The van der Waals surface area contributed by atoms with Gasteiger partial charge in [0.15, 0.2) is 5.96 Å². The third-order valence-corrected chi connectivity index (χ3v) is 4.57. The van der Waals surface area contributed by atoms with Gasteiger partial charge >= 0.3 is 0 Å². The van der Waals surface area contributed by atoms with Crippen molar-refractivity contribution in [1.29, 1.82) is 0 Å². The number of halogens is 1. The van der Waals surface area contributed by atoms with E-state index in [4.69, 9.17) is 21.1 Å². The van der Waals surface area contributed by atoms with Crippen molar-refractivity contribution in [3.8, 4) is 5.75 Å². The summed E-state index contributed by atoms with van der Waals surface area (Å²) >= 11 is 6.21. The number of guanidine groups is 1. The summed E-state index contributed by atoms with van der Waals surface area (Å²) in [5.41, 5.74) is 1.02. The third-order valence-electron chi connectivity index (χ3n) is 3.31. The zero-order valence-electron chi connectivity index (χ0n) is 14.8. The van der Waals surface area contributed by atoms with Crippen molar-refractivity contribution in [2.24, 2.45) is 4.99 Å². The molecule has 0 atom stereocenters. The normalized spacial score (nSPS) is 12.1. The van der Waals surface area contributed by atoms with Gasteiger partial charge in [-0.1, -0.05) is 17.7 Å². The Morgan fingerprint density at radius 3 is 2.56 bits per heavy atom. The van der Waals surface area contributed by atoms with Crippen LogP contribution in [0.25, 0.3) is 0 Å². The van der Waals surface area contributed by atoms with Crippen LogP contribution in [0.2, 0.25) is 5.02 Å². The molecule has 0 aromatic heterocycles. The standard InChI is InChI=1S/C16H26ClN3O4S/c1-18-16(20-8-9-24-10-11-25(3,21)22)19-7-6-13-4-5-14(23-2)12-15(13)17/h4-5,12H,6-11H2,1-3H3,(H2,18,19,20). The van der Waals surface area contributed by atoms with Gasteiger partial charge in [0, 0.05) is 31.4 Å². The van der Waals surface area contributed by atoms with Crippen molar-refractivity contribution in [3.05, 3.63) is 28.8 Å². The second kappa shape index (κ2) is 11.2. The van der Waals surface area contributed by atoms with Crippen LogP contribution in [0.1, 0.15) is 5.56 Å². The van der Waals surface area contributed by atoms with Gasteiger partial charge in [-0.05, 0) is 24.1 Å². The highest BCUT2D eigenvalue weighted by atomic mass is 35.5. The summed E-state index contributed by atoms with van der Waals surface area (Å²) in [6.07, 6.45) is 1.93. The molecule has 1 rings (SSSR count). The number of nitrogens with zero attached hydrogens (tertiary/aromatic N) is 1. The van der Waals surface area contributed by atoms with E-state index < -0.39 is 9.84 Å². The number of nitrogens with one attached hydrogen (secondary N) is 2. The Labute approximate surface area is 154 Å². The molecular weight excluding hydrogens is 366 g/mol. The number of sulfone groups is 1. The molecule has 0 spiro atoms. The number of benzene rings is 1. The minimum atomic E-state index is -2.98. The summed E-state index contributed by atoms with van der Waals surface area (Å²) in [4.78, 5) is 4.12. The van der Waals surface area contributed by atoms with Crippen LogP contribution in [0.15, 0.2) is 23.2 Å². The summed E-state index contributed by atoms with van der Waals surface area (Å²) in [6.45, 7) is 1.80. The van der Waals surface area contributed by atoms with Crippen molar-refractivity contribution in [2.75, 3.05) is 52.5 Å². The molecule has 0 unspecified atom stereocenters. The molecule has 0 fully saturated rings. The van der Waals surface area contributed by atoms with E-state index in [1.165, 1.54) is 6.26 Å². The predicted octanol–water partition coefficient (Wildman–Crippen LogP) is 1.12. The van der Waals surface area contributed by atoms with Gasteiger partial charge in [-0.25, -0.2) is 8.42 Å². The van der Waals surface area contributed by atoms with Crippen LogP contribution in [-0.4, -0.2) is 66.8 Å². The number of methoxy groups -OCH3 is 1. The first-order valence-electron chi connectivity index (χ1n) is 7.88. The molecule has 0 aliphatic rings. The smallest absolute Gasteiger partial charge is 0.191 e. The minimum absolute atomic E-state index is 0.0304. The lowest BCUT2D eigenvalue weighted by atomic mass is 10.1.